The fourth-order valence-corrected chi connectivity index (χ4v) is 3.87. The van der Waals surface area contributed by atoms with Crippen molar-refractivity contribution in [1.29, 1.82) is 0 Å². The van der Waals surface area contributed by atoms with Crippen molar-refractivity contribution in [1.82, 2.24) is 14.7 Å². The zero-order valence-corrected chi connectivity index (χ0v) is 19.0. The molecule has 2 aromatic carbocycles. The summed E-state index contributed by atoms with van der Waals surface area (Å²) in [4.78, 5) is 2.32. The van der Waals surface area contributed by atoms with Crippen molar-refractivity contribution in [2.45, 2.75) is 39.3 Å². The molecule has 1 heterocycles. The number of aliphatic hydroxyl groups is 1. The highest BCUT2D eigenvalue weighted by atomic mass is 16.5. The van der Waals surface area contributed by atoms with Crippen LogP contribution in [-0.4, -0.2) is 52.2 Å². The Bertz CT molecular complexity index is 971. The Hall–Kier alpha value is -2.67. The van der Waals surface area contributed by atoms with Crippen LogP contribution in [0.4, 0.5) is 0 Å². The van der Waals surface area contributed by atoms with Crippen LogP contribution in [0.3, 0.4) is 0 Å². The third kappa shape index (κ3) is 5.97. The average molecular weight is 436 g/mol. The van der Waals surface area contributed by atoms with E-state index >= 15 is 0 Å². The summed E-state index contributed by atoms with van der Waals surface area (Å²) >= 11 is 0. The van der Waals surface area contributed by atoms with Gasteiger partial charge < -0.3 is 14.6 Å². The van der Waals surface area contributed by atoms with Crippen molar-refractivity contribution < 1.29 is 14.6 Å². The number of ether oxygens (including phenoxy) is 2. The Morgan fingerprint density at radius 3 is 2.44 bits per heavy atom. The van der Waals surface area contributed by atoms with Gasteiger partial charge in [0.1, 0.15) is 5.75 Å². The SMILES string of the molecule is CCOCC(O)CN(Cc1c(C)nn(-c2ccccc2)c1Oc1ccccc1)CC1CC1. The monoisotopic (exact) mass is 435 g/mol. The summed E-state index contributed by atoms with van der Waals surface area (Å²) in [6.07, 6.45) is 2.00. The average Bonchev–Trinajstić information content (AvgIpc) is 3.58. The fourth-order valence-electron chi connectivity index (χ4n) is 3.87. The maximum absolute atomic E-state index is 10.5. The lowest BCUT2D eigenvalue weighted by Gasteiger charge is -2.25. The zero-order chi connectivity index (χ0) is 22.3. The number of nitrogens with zero attached hydrogens (tertiary/aromatic N) is 3. The van der Waals surface area contributed by atoms with E-state index in [2.05, 4.69) is 4.90 Å². The van der Waals surface area contributed by atoms with Crippen molar-refractivity contribution >= 4 is 0 Å². The van der Waals surface area contributed by atoms with Gasteiger partial charge in [0.05, 0.1) is 29.7 Å². The molecule has 0 radical (unpaired) electrons. The molecule has 3 aromatic rings. The molecule has 1 aliphatic carbocycles. The largest absolute Gasteiger partial charge is 0.439 e. The van der Waals surface area contributed by atoms with Gasteiger partial charge in [0.25, 0.3) is 0 Å². The smallest absolute Gasteiger partial charge is 0.227 e. The van der Waals surface area contributed by atoms with Crippen molar-refractivity contribution in [2.24, 2.45) is 5.92 Å². The molecule has 1 saturated carbocycles. The minimum Gasteiger partial charge on any atom is -0.439 e. The van der Waals surface area contributed by atoms with E-state index in [0.29, 0.717) is 32.2 Å². The molecule has 0 aliphatic heterocycles. The van der Waals surface area contributed by atoms with Gasteiger partial charge in [-0.1, -0.05) is 36.4 Å². The molecule has 1 fully saturated rings. The second-order valence-corrected chi connectivity index (χ2v) is 8.48. The fraction of sp³-hybridized carbons (Fsp3) is 0.423. The molecule has 1 aliphatic rings. The maximum Gasteiger partial charge on any atom is 0.227 e. The van der Waals surface area contributed by atoms with E-state index in [0.717, 1.165) is 35.1 Å². The van der Waals surface area contributed by atoms with Gasteiger partial charge in [-0.3, -0.25) is 4.90 Å². The predicted octanol–water partition coefficient (Wildman–Crippen LogP) is 4.58. The number of hydrogen-bond acceptors (Lipinski definition) is 5. The first-order chi connectivity index (χ1) is 15.6. The van der Waals surface area contributed by atoms with Gasteiger partial charge in [-0.15, -0.1) is 0 Å². The summed E-state index contributed by atoms with van der Waals surface area (Å²) < 4.78 is 13.7. The summed E-state index contributed by atoms with van der Waals surface area (Å²) in [5.74, 6) is 2.20. The quantitative estimate of drug-likeness (QED) is 0.451. The van der Waals surface area contributed by atoms with E-state index in [1.165, 1.54) is 12.8 Å². The lowest BCUT2D eigenvalue weighted by atomic mass is 10.2. The highest BCUT2D eigenvalue weighted by Gasteiger charge is 2.28. The van der Waals surface area contributed by atoms with Crippen molar-refractivity contribution in [3.8, 4) is 17.3 Å². The van der Waals surface area contributed by atoms with Crippen LogP contribution in [0.5, 0.6) is 11.6 Å². The first-order valence-corrected chi connectivity index (χ1v) is 11.5. The molecule has 0 spiro atoms. The Morgan fingerprint density at radius 2 is 1.78 bits per heavy atom. The molecule has 1 unspecified atom stereocenters. The zero-order valence-electron chi connectivity index (χ0n) is 19.0. The summed E-state index contributed by atoms with van der Waals surface area (Å²) in [7, 11) is 0. The molecule has 0 amide bonds. The first kappa shape index (κ1) is 22.5. The van der Waals surface area contributed by atoms with Crippen LogP contribution in [0.25, 0.3) is 5.69 Å². The minimum absolute atomic E-state index is 0.354. The number of benzene rings is 2. The summed E-state index contributed by atoms with van der Waals surface area (Å²) in [5.41, 5.74) is 2.93. The summed E-state index contributed by atoms with van der Waals surface area (Å²) in [6, 6.07) is 19.9. The lowest BCUT2D eigenvalue weighted by Crippen LogP contribution is -2.36. The molecule has 4 rings (SSSR count). The predicted molar refractivity (Wildman–Crippen MR) is 125 cm³/mol. The lowest BCUT2D eigenvalue weighted by molar-refractivity contribution is 0.0186. The molecule has 32 heavy (non-hydrogen) atoms. The van der Waals surface area contributed by atoms with Crippen LogP contribution in [0.1, 0.15) is 31.0 Å². The molecule has 6 heteroatoms. The van der Waals surface area contributed by atoms with Gasteiger partial charge in [0, 0.05) is 26.2 Å². The number of hydrogen-bond donors (Lipinski definition) is 1. The van der Waals surface area contributed by atoms with Crippen LogP contribution in [0, 0.1) is 12.8 Å². The number of rotatable bonds is 12. The highest BCUT2D eigenvalue weighted by Crippen LogP contribution is 2.34. The van der Waals surface area contributed by atoms with Crippen molar-refractivity contribution in [3.63, 3.8) is 0 Å². The van der Waals surface area contributed by atoms with Gasteiger partial charge >= 0.3 is 0 Å². The molecule has 170 valence electrons. The second-order valence-electron chi connectivity index (χ2n) is 8.48. The third-order valence-corrected chi connectivity index (χ3v) is 5.67. The van der Waals surface area contributed by atoms with E-state index in [4.69, 9.17) is 14.6 Å². The van der Waals surface area contributed by atoms with Gasteiger partial charge in [0.15, 0.2) is 0 Å². The topological polar surface area (TPSA) is 59.8 Å². The normalized spacial score (nSPS) is 14.6. The minimum atomic E-state index is -0.517. The van der Waals surface area contributed by atoms with E-state index in [-0.39, 0.29) is 0 Å². The van der Waals surface area contributed by atoms with E-state index in [9.17, 15) is 5.11 Å². The molecule has 0 saturated heterocycles. The van der Waals surface area contributed by atoms with E-state index in [1.807, 2.05) is 79.2 Å². The third-order valence-electron chi connectivity index (χ3n) is 5.67. The molecular weight excluding hydrogens is 402 g/mol. The summed E-state index contributed by atoms with van der Waals surface area (Å²) in [5, 5.41) is 15.3. The molecule has 1 atom stereocenters. The standard InChI is InChI=1S/C26H33N3O3/c1-3-31-19-23(30)17-28(16-21-14-15-21)18-25-20(2)27-29(22-10-6-4-7-11-22)26(25)32-24-12-8-5-9-13-24/h4-13,21,23,30H,3,14-19H2,1-2H3. The maximum atomic E-state index is 10.5. The van der Waals surface area contributed by atoms with Crippen LogP contribution in [0.15, 0.2) is 60.7 Å². The molecule has 6 nitrogen and oxygen atoms in total. The molecule has 0 bridgehead atoms. The highest BCUT2D eigenvalue weighted by molar-refractivity contribution is 5.43. The Balaban J connectivity index is 1.64. The van der Waals surface area contributed by atoms with Crippen molar-refractivity contribution in [3.05, 3.63) is 71.9 Å². The van der Waals surface area contributed by atoms with Crippen LogP contribution in [-0.2, 0) is 11.3 Å². The number of aryl methyl sites for hydroxylation is 1. The first-order valence-electron chi connectivity index (χ1n) is 11.5. The second kappa shape index (κ2) is 10.8. The van der Waals surface area contributed by atoms with Crippen molar-refractivity contribution in [2.75, 3.05) is 26.3 Å². The number of aliphatic hydroxyl groups excluding tert-OH is 1. The summed E-state index contributed by atoms with van der Waals surface area (Å²) in [6.45, 7) is 7.13. The number of aromatic nitrogens is 2. The van der Waals surface area contributed by atoms with Crippen LogP contribution >= 0.6 is 0 Å². The number of para-hydroxylation sites is 2. The Labute approximate surface area is 190 Å². The van der Waals surface area contributed by atoms with Crippen LogP contribution in [0.2, 0.25) is 0 Å². The Morgan fingerprint density at radius 1 is 1.09 bits per heavy atom. The van der Waals surface area contributed by atoms with Gasteiger partial charge in [-0.2, -0.15) is 5.10 Å². The van der Waals surface area contributed by atoms with Gasteiger partial charge in [-0.25, -0.2) is 4.68 Å². The molecule has 1 N–H and O–H groups in total. The van der Waals surface area contributed by atoms with E-state index < -0.39 is 6.10 Å². The molecular formula is C26H33N3O3. The van der Waals surface area contributed by atoms with Crippen LogP contribution < -0.4 is 4.74 Å². The Kier molecular flexibility index (Phi) is 7.58. The van der Waals surface area contributed by atoms with Gasteiger partial charge in [0.2, 0.25) is 5.88 Å². The van der Waals surface area contributed by atoms with Gasteiger partial charge in [-0.05, 0) is 56.9 Å². The van der Waals surface area contributed by atoms with E-state index in [1.54, 1.807) is 0 Å². The molecule has 1 aromatic heterocycles.